The first-order valence-electron chi connectivity index (χ1n) is 8.29. The molecule has 0 heterocycles. The number of hydrogen-bond donors (Lipinski definition) is 0. The van der Waals surface area contributed by atoms with E-state index in [2.05, 4.69) is 4.74 Å². The summed E-state index contributed by atoms with van der Waals surface area (Å²) in [6.45, 7) is 1.89. The van der Waals surface area contributed by atoms with Crippen LogP contribution in [0.15, 0.2) is 54.6 Å². The highest BCUT2D eigenvalue weighted by Crippen LogP contribution is 2.35. The Morgan fingerprint density at radius 2 is 1.24 bits per heavy atom. The van der Waals surface area contributed by atoms with Gasteiger partial charge in [-0.05, 0) is 41.8 Å². The zero-order valence-corrected chi connectivity index (χ0v) is 14.8. The predicted octanol–water partition coefficient (Wildman–Crippen LogP) is 6.98. The maximum absolute atomic E-state index is 14.5. The first-order chi connectivity index (χ1) is 13.6. The maximum atomic E-state index is 14.5. The van der Waals surface area contributed by atoms with Gasteiger partial charge in [0.2, 0.25) is 0 Å². The minimum atomic E-state index is -5.08. The summed E-state index contributed by atoms with van der Waals surface area (Å²) >= 11 is 0. The number of aryl methyl sites for hydroxylation is 1. The van der Waals surface area contributed by atoms with Crippen molar-refractivity contribution in [1.29, 1.82) is 0 Å². The average molecular weight is 414 g/mol. The summed E-state index contributed by atoms with van der Waals surface area (Å²) in [6.07, 6.45) is -9.36. The lowest BCUT2D eigenvalue weighted by atomic mass is 9.99. The van der Waals surface area contributed by atoms with Crippen molar-refractivity contribution >= 4 is 0 Å². The molecule has 0 amide bonds. The Labute approximate surface area is 161 Å². The highest BCUT2D eigenvalue weighted by atomic mass is 19.3. The molecule has 0 aromatic heterocycles. The highest BCUT2D eigenvalue weighted by molar-refractivity contribution is 5.71. The quantitative estimate of drug-likeness (QED) is 0.409. The monoisotopic (exact) mass is 414 g/mol. The summed E-state index contributed by atoms with van der Waals surface area (Å²) in [7, 11) is 0. The van der Waals surface area contributed by atoms with Crippen molar-refractivity contribution in [1.82, 2.24) is 0 Å². The molecule has 152 valence electrons. The van der Waals surface area contributed by atoms with Crippen LogP contribution in [-0.2, 0) is 0 Å². The zero-order valence-electron chi connectivity index (χ0n) is 14.8. The van der Waals surface area contributed by atoms with Crippen LogP contribution in [0.3, 0.4) is 0 Å². The SMILES string of the molecule is Cc1ccc(-c2ccc(-c3cc(F)c(OC(F)(F)C(F)F)c(F)c3)c(F)c2)cc1. The van der Waals surface area contributed by atoms with E-state index in [0.29, 0.717) is 17.7 Å². The molecule has 0 atom stereocenters. The van der Waals surface area contributed by atoms with Gasteiger partial charge in [0.1, 0.15) is 5.82 Å². The Morgan fingerprint density at radius 3 is 1.76 bits per heavy atom. The van der Waals surface area contributed by atoms with Crippen molar-refractivity contribution in [2.45, 2.75) is 19.5 Å². The van der Waals surface area contributed by atoms with Crippen molar-refractivity contribution in [2.75, 3.05) is 0 Å². The van der Waals surface area contributed by atoms with Crippen LogP contribution in [0.4, 0.5) is 30.7 Å². The van der Waals surface area contributed by atoms with E-state index in [9.17, 15) is 30.7 Å². The van der Waals surface area contributed by atoms with Gasteiger partial charge in [0.25, 0.3) is 0 Å². The van der Waals surface area contributed by atoms with Crippen molar-refractivity contribution in [2.24, 2.45) is 0 Å². The summed E-state index contributed by atoms with van der Waals surface area (Å²) in [6, 6.07) is 12.2. The molecule has 8 heteroatoms. The molecule has 0 bridgehead atoms. The molecule has 0 aliphatic carbocycles. The molecule has 3 aromatic rings. The van der Waals surface area contributed by atoms with Gasteiger partial charge in [0.15, 0.2) is 17.4 Å². The second-order valence-electron chi connectivity index (χ2n) is 6.29. The minimum absolute atomic E-state index is 0.203. The van der Waals surface area contributed by atoms with Gasteiger partial charge >= 0.3 is 12.5 Å². The zero-order chi connectivity index (χ0) is 21.3. The van der Waals surface area contributed by atoms with Crippen LogP contribution in [0, 0.1) is 24.4 Å². The summed E-state index contributed by atoms with van der Waals surface area (Å²) in [5.74, 6) is -5.81. The van der Waals surface area contributed by atoms with E-state index in [4.69, 9.17) is 0 Å². The molecule has 0 fully saturated rings. The molecule has 0 saturated carbocycles. The molecule has 29 heavy (non-hydrogen) atoms. The molecule has 0 unspecified atom stereocenters. The van der Waals surface area contributed by atoms with Crippen molar-refractivity contribution in [3.05, 3.63) is 77.6 Å². The van der Waals surface area contributed by atoms with Gasteiger partial charge in [-0.25, -0.2) is 13.2 Å². The van der Waals surface area contributed by atoms with Crippen molar-refractivity contribution in [3.8, 4) is 28.0 Å². The Balaban J connectivity index is 1.96. The molecule has 0 aliphatic rings. The van der Waals surface area contributed by atoms with Crippen LogP contribution in [-0.4, -0.2) is 12.5 Å². The fourth-order valence-electron chi connectivity index (χ4n) is 2.67. The van der Waals surface area contributed by atoms with Gasteiger partial charge in [0.05, 0.1) is 0 Å². The van der Waals surface area contributed by atoms with Gasteiger partial charge in [-0.2, -0.15) is 17.6 Å². The van der Waals surface area contributed by atoms with Crippen LogP contribution < -0.4 is 4.74 Å². The molecule has 0 spiro atoms. The molecule has 1 nitrogen and oxygen atoms in total. The standard InChI is InChI=1S/C21H13F7O/c1-11-2-4-12(5-3-11)13-6-7-15(16(22)8-13)14-9-17(23)19(18(24)10-14)29-21(27,28)20(25)26/h2-10,20H,1H3. The van der Waals surface area contributed by atoms with E-state index < -0.39 is 35.7 Å². The predicted molar refractivity (Wildman–Crippen MR) is 93.5 cm³/mol. The lowest BCUT2D eigenvalue weighted by Gasteiger charge is -2.18. The van der Waals surface area contributed by atoms with Crippen LogP contribution in [0.2, 0.25) is 0 Å². The van der Waals surface area contributed by atoms with Crippen LogP contribution in [0.5, 0.6) is 5.75 Å². The van der Waals surface area contributed by atoms with Gasteiger partial charge in [-0.15, -0.1) is 0 Å². The third-order valence-corrected chi connectivity index (χ3v) is 4.16. The van der Waals surface area contributed by atoms with Crippen molar-refractivity contribution < 1.29 is 35.5 Å². The summed E-state index contributed by atoms with van der Waals surface area (Å²) in [5, 5.41) is 0. The molecular formula is C21H13F7O. The molecule has 0 N–H and O–H groups in total. The fraction of sp³-hybridized carbons (Fsp3) is 0.143. The molecule has 3 rings (SSSR count). The number of alkyl halides is 4. The van der Waals surface area contributed by atoms with Crippen molar-refractivity contribution in [3.63, 3.8) is 0 Å². The Kier molecular flexibility index (Phi) is 5.55. The first kappa shape index (κ1) is 20.7. The van der Waals surface area contributed by atoms with E-state index >= 15 is 0 Å². The number of hydrogen-bond acceptors (Lipinski definition) is 1. The number of benzene rings is 3. The summed E-state index contributed by atoms with van der Waals surface area (Å²) in [4.78, 5) is 0. The van der Waals surface area contributed by atoms with Gasteiger partial charge < -0.3 is 4.74 Å². The Morgan fingerprint density at radius 1 is 0.724 bits per heavy atom. The lowest BCUT2D eigenvalue weighted by molar-refractivity contribution is -0.255. The molecule has 0 saturated heterocycles. The average Bonchev–Trinajstić information content (AvgIpc) is 2.65. The Bertz CT molecular complexity index is 1010. The van der Waals surface area contributed by atoms with Gasteiger partial charge in [0, 0.05) is 5.56 Å². The smallest absolute Gasteiger partial charge is 0.422 e. The largest absolute Gasteiger partial charge is 0.461 e. The highest BCUT2D eigenvalue weighted by Gasteiger charge is 2.45. The van der Waals surface area contributed by atoms with E-state index in [1.165, 1.54) is 12.1 Å². The number of ether oxygens (including phenoxy) is 1. The van der Waals surface area contributed by atoms with E-state index in [0.717, 1.165) is 17.2 Å². The van der Waals surface area contributed by atoms with Gasteiger partial charge in [-0.3, -0.25) is 0 Å². The summed E-state index contributed by atoms with van der Waals surface area (Å²) < 4.78 is 96.4. The molecule has 0 aliphatic heterocycles. The maximum Gasteiger partial charge on any atom is 0.461 e. The van der Waals surface area contributed by atoms with Crippen LogP contribution >= 0.6 is 0 Å². The summed E-state index contributed by atoms with van der Waals surface area (Å²) in [5.41, 5.74) is 1.74. The lowest BCUT2D eigenvalue weighted by Crippen LogP contribution is -2.34. The fourth-order valence-corrected chi connectivity index (χ4v) is 2.67. The minimum Gasteiger partial charge on any atom is -0.422 e. The third kappa shape index (κ3) is 4.36. The Hall–Kier alpha value is -3.03. The normalized spacial score (nSPS) is 11.8. The number of halogens is 7. The van der Waals surface area contributed by atoms with E-state index in [1.54, 1.807) is 12.1 Å². The van der Waals surface area contributed by atoms with Crippen LogP contribution in [0.25, 0.3) is 22.3 Å². The molecular weight excluding hydrogens is 401 g/mol. The third-order valence-electron chi connectivity index (χ3n) is 4.16. The second kappa shape index (κ2) is 7.77. The van der Waals surface area contributed by atoms with Crippen LogP contribution in [0.1, 0.15) is 5.56 Å². The van der Waals surface area contributed by atoms with Gasteiger partial charge in [-0.1, -0.05) is 42.0 Å². The van der Waals surface area contributed by atoms with E-state index in [1.807, 2.05) is 19.1 Å². The topological polar surface area (TPSA) is 9.23 Å². The second-order valence-corrected chi connectivity index (χ2v) is 6.29. The van der Waals surface area contributed by atoms with E-state index in [-0.39, 0.29) is 11.1 Å². The first-order valence-corrected chi connectivity index (χ1v) is 8.29. The number of rotatable bonds is 5. The molecule has 3 aromatic carbocycles. The molecule has 0 radical (unpaired) electrons.